The second-order valence-corrected chi connectivity index (χ2v) is 3.44. The summed E-state index contributed by atoms with van der Waals surface area (Å²) in [5, 5.41) is 11.5. The van der Waals surface area contributed by atoms with Crippen LogP contribution in [0.1, 0.15) is 23.8 Å². The van der Waals surface area contributed by atoms with E-state index in [1.165, 1.54) is 0 Å². The summed E-state index contributed by atoms with van der Waals surface area (Å²) in [7, 11) is 0. The molecule has 0 amide bonds. The maximum Gasteiger partial charge on any atom is 0.0882 e. The molecular weight excluding hydrogens is 194 g/mol. The van der Waals surface area contributed by atoms with Crippen molar-refractivity contribution in [3.8, 4) is 0 Å². The quantitative estimate of drug-likeness (QED) is 0.793. The molecule has 0 spiro atoms. The minimum atomic E-state index is -0.307. The highest BCUT2D eigenvalue weighted by Crippen LogP contribution is 2.22. The maximum atomic E-state index is 9.50. The van der Waals surface area contributed by atoms with Gasteiger partial charge in [0.15, 0.2) is 0 Å². The third kappa shape index (κ3) is 3.54. The zero-order valence-corrected chi connectivity index (χ0v) is 8.40. The van der Waals surface area contributed by atoms with Gasteiger partial charge in [-0.05, 0) is 30.8 Å². The first-order chi connectivity index (χ1) is 5.34. The van der Waals surface area contributed by atoms with Gasteiger partial charge in [0, 0.05) is 4.88 Å². The topological polar surface area (TPSA) is 46.2 Å². The average Bonchev–Trinajstić information content (AvgIpc) is 2.52. The highest BCUT2D eigenvalue weighted by atomic mass is 35.5. The Hall–Kier alpha value is -0.0900. The van der Waals surface area contributed by atoms with Crippen LogP contribution in [-0.2, 0) is 0 Å². The smallest absolute Gasteiger partial charge is 0.0882 e. The summed E-state index contributed by atoms with van der Waals surface area (Å²) >= 11 is 1.59. The lowest BCUT2D eigenvalue weighted by Gasteiger charge is -2.05. The molecule has 0 radical (unpaired) electrons. The SMILES string of the molecule is Cl.NCCCC(O)c1cccs1. The first-order valence-electron chi connectivity index (χ1n) is 3.76. The van der Waals surface area contributed by atoms with Gasteiger partial charge in [0.2, 0.25) is 0 Å². The summed E-state index contributed by atoms with van der Waals surface area (Å²) in [6, 6.07) is 3.90. The second-order valence-electron chi connectivity index (χ2n) is 2.46. The molecule has 3 N–H and O–H groups in total. The van der Waals surface area contributed by atoms with Crippen molar-refractivity contribution in [2.45, 2.75) is 18.9 Å². The van der Waals surface area contributed by atoms with Crippen LogP contribution in [0.3, 0.4) is 0 Å². The van der Waals surface area contributed by atoms with Gasteiger partial charge in [0.25, 0.3) is 0 Å². The molecule has 70 valence electrons. The molecule has 0 aromatic carbocycles. The number of rotatable bonds is 4. The predicted molar refractivity (Wildman–Crippen MR) is 54.8 cm³/mol. The first-order valence-corrected chi connectivity index (χ1v) is 4.64. The van der Waals surface area contributed by atoms with Gasteiger partial charge in [-0.15, -0.1) is 23.7 Å². The zero-order valence-electron chi connectivity index (χ0n) is 6.77. The van der Waals surface area contributed by atoms with Gasteiger partial charge in [-0.2, -0.15) is 0 Å². The molecular formula is C8H14ClNOS. The Labute approximate surface area is 82.8 Å². The standard InChI is InChI=1S/C8H13NOS.ClH/c9-5-1-3-7(10)8-4-2-6-11-8;/h2,4,6-7,10H,1,3,5,9H2;1H. The molecule has 0 aliphatic carbocycles. The van der Waals surface area contributed by atoms with Crippen LogP contribution in [0, 0.1) is 0 Å². The molecule has 1 aromatic heterocycles. The van der Waals surface area contributed by atoms with Gasteiger partial charge >= 0.3 is 0 Å². The van der Waals surface area contributed by atoms with Crippen LogP contribution in [0.5, 0.6) is 0 Å². The molecule has 0 saturated heterocycles. The van der Waals surface area contributed by atoms with Crippen LogP contribution in [0.4, 0.5) is 0 Å². The van der Waals surface area contributed by atoms with Gasteiger partial charge < -0.3 is 10.8 Å². The van der Waals surface area contributed by atoms with E-state index in [1.807, 2.05) is 17.5 Å². The van der Waals surface area contributed by atoms with E-state index in [0.717, 1.165) is 17.7 Å². The molecule has 0 fully saturated rings. The third-order valence-electron chi connectivity index (χ3n) is 1.55. The highest BCUT2D eigenvalue weighted by molar-refractivity contribution is 7.10. The number of thiophene rings is 1. The van der Waals surface area contributed by atoms with Crippen LogP contribution in [0.2, 0.25) is 0 Å². The summed E-state index contributed by atoms with van der Waals surface area (Å²) < 4.78 is 0. The molecule has 1 unspecified atom stereocenters. The van der Waals surface area contributed by atoms with Crippen LogP contribution in [-0.4, -0.2) is 11.7 Å². The molecule has 1 atom stereocenters. The lowest BCUT2D eigenvalue weighted by molar-refractivity contribution is 0.169. The van der Waals surface area contributed by atoms with E-state index in [0.29, 0.717) is 6.54 Å². The minimum absolute atomic E-state index is 0. The van der Waals surface area contributed by atoms with Crippen molar-refractivity contribution in [3.05, 3.63) is 22.4 Å². The van der Waals surface area contributed by atoms with E-state index >= 15 is 0 Å². The fraction of sp³-hybridized carbons (Fsp3) is 0.500. The van der Waals surface area contributed by atoms with Crippen molar-refractivity contribution in [3.63, 3.8) is 0 Å². The van der Waals surface area contributed by atoms with Crippen LogP contribution in [0.25, 0.3) is 0 Å². The normalized spacial score (nSPS) is 12.2. The van der Waals surface area contributed by atoms with Crippen LogP contribution >= 0.6 is 23.7 Å². The first kappa shape index (κ1) is 11.9. The molecule has 0 aliphatic heterocycles. The van der Waals surface area contributed by atoms with E-state index in [9.17, 15) is 5.11 Å². The van der Waals surface area contributed by atoms with Gasteiger partial charge in [0.1, 0.15) is 0 Å². The Morgan fingerprint density at radius 1 is 1.58 bits per heavy atom. The fourth-order valence-corrected chi connectivity index (χ4v) is 1.68. The summed E-state index contributed by atoms with van der Waals surface area (Å²) in [4.78, 5) is 1.04. The zero-order chi connectivity index (χ0) is 8.10. The van der Waals surface area contributed by atoms with E-state index in [4.69, 9.17) is 5.73 Å². The molecule has 12 heavy (non-hydrogen) atoms. The van der Waals surface area contributed by atoms with E-state index in [-0.39, 0.29) is 18.5 Å². The monoisotopic (exact) mass is 207 g/mol. The summed E-state index contributed by atoms with van der Waals surface area (Å²) in [6.07, 6.45) is 1.36. The van der Waals surface area contributed by atoms with Crippen molar-refractivity contribution < 1.29 is 5.11 Å². The van der Waals surface area contributed by atoms with Crippen LogP contribution < -0.4 is 5.73 Å². The highest BCUT2D eigenvalue weighted by Gasteiger charge is 2.06. The molecule has 4 heteroatoms. The van der Waals surface area contributed by atoms with Gasteiger partial charge in [-0.1, -0.05) is 6.07 Å². The molecule has 0 bridgehead atoms. The molecule has 2 nitrogen and oxygen atoms in total. The van der Waals surface area contributed by atoms with Crippen molar-refractivity contribution in [2.24, 2.45) is 5.73 Å². The number of halogens is 1. The summed E-state index contributed by atoms with van der Waals surface area (Å²) in [5.41, 5.74) is 5.32. The van der Waals surface area contributed by atoms with E-state index in [2.05, 4.69) is 0 Å². The van der Waals surface area contributed by atoms with Gasteiger partial charge in [-0.3, -0.25) is 0 Å². The number of hydrogen-bond acceptors (Lipinski definition) is 3. The summed E-state index contributed by atoms with van der Waals surface area (Å²) in [6.45, 7) is 0.655. The third-order valence-corrected chi connectivity index (χ3v) is 2.53. The van der Waals surface area contributed by atoms with Crippen molar-refractivity contribution in [2.75, 3.05) is 6.54 Å². The lowest BCUT2D eigenvalue weighted by atomic mass is 10.2. The molecule has 1 aromatic rings. The molecule has 0 aliphatic rings. The van der Waals surface area contributed by atoms with Crippen molar-refractivity contribution in [1.82, 2.24) is 0 Å². The Bertz CT molecular complexity index is 191. The largest absolute Gasteiger partial charge is 0.388 e. The lowest BCUT2D eigenvalue weighted by Crippen LogP contribution is -2.02. The van der Waals surface area contributed by atoms with Crippen molar-refractivity contribution >= 4 is 23.7 Å². The summed E-state index contributed by atoms with van der Waals surface area (Å²) in [5.74, 6) is 0. The fourth-order valence-electron chi connectivity index (χ4n) is 0.934. The Kier molecular flexibility index (Phi) is 6.38. The molecule has 1 rings (SSSR count). The number of aliphatic hydroxyl groups is 1. The number of hydrogen-bond donors (Lipinski definition) is 2. The Morgan fingerprint density at radius 3 is 2.83 bits per heavy atom. The Morgan fingerprint density at radius 2 is 2.33 bits per heavy atom. The van der Waals surface area contributed by atoms with Gasteiger partial charge in [-0.25, -0.2) is 0 Å². The molecule has 1 heterocycles. The maximum absolute atomic E-state index is 9.50. The minimum Gasteiger partial charge on any atom is -0.388 e. The van der Waals surface area contributed by atoms with Gasteiger partial charge in [0.05, 0.1) is 6.10 Å². The number of nitrogens with two attached hydrogens (primary N) is 1. The van der Waals surface area contributed by atoms with Crippen molar-refractivity contribution in [1.29, 1.82) is 0 Å². The van der Waals surface area contributed by atoms with E-state index < -0.39 is 0 Å². The van der Waals surface area contributed by atoms with E-state index in [1.54, 1.807) is 11.3 Å². The second kappa shape index (κ2) is 6.43. The average molecular weight is 208 g/mol. The predicted octanol–water partition coefficient (Wildman–Crippen LogP) is 1.94. The Balaban J connectivity index is 0.00000121. The van der Waals surface area contributed by atoms with Crippen LogP contribution in [0.15, 0.2) is 17.5 Å². The number of aliphatic hydroxyl groups excluding tert-OH is 1. The molecule has 0 saturated carbocycles.